The van der Waals surface area contributed by atoms with E-state index < -0.39 is 0 Å². The number of hydrogen-bond donors (Lipinski definition) is 2. The molecule has 0 bridgehead atoms. The summed E-state index contributed by atoms with van der Waals surface area (Å²) in [6.45, 7) is 6.00. The minimum absolute atomic E-state index is 0.790. The summed E-state index contributed by atoms with van der Waals surface area (Å²) in [6.07, 6.45) is 0. The van der Waals surface area contributed by atoms with Gasteiger partial charge < -0.3 is 15.1 Å². The van der Waals surface area contributed by atoms with Gasteiger partial charge in [-0.25, -0.2) is 4.98 Å². The molecule has 1 fully saturated rings. The maximum absolute atomic E-state index is 5.58. The van der Waals surface area contributed by atoms with Gasteiger partial charge in [-0.15, -0.1) is 11.3 Å². The number of nitrogens with one attached hydrogen (secondary N) is 2. The van der Waals surface area contributed by atoms with E-state index in [-0.39, 0.29) is 0 Å². The Kier molecular flexibility index (Phi) is 5.43. The Balaban J connectivity index is 1.26. The van der Waals surface area contributed by atoms with Crippen LogP contribution in [0, 0.1) is 0 Å². The standard InChI is InChI=1S/C20H22N4S2/c25-20(21-14-16-6-2-1-3-7-16)24-12-10-23(11-13-24)15-19-22-17-8-4-5-9-18(17)26-19/h1-9H,10-15H2,(H,21,25)/p+1. The van der Waals surface area contributed by atoms with Crippen molar-refractivity contribution in [2.45, 2.75) is 13.1 Å². The summed E-state index contributed by atoms with van der Waals surface area (Å²) >= 11 is 7.40. The van der Waals surface area contributed by atoms with Crippen molar-refractivity contribution < 1.29 is 4.90 Å². The number of thiocarbonyl (C=S) groups is 1. The van der Waals surface area contributed by atoms with Crippen LogP contribution in [0.2, 0.25) is 0 Å². The Hall–Kier alpha value is -2.02. The number of nitrogens with zero attached hydrogens (tertiary/aromatic N) is 2. The van der Waals surface area contributed by atoms with Gasteiger partial charge in [0.2, 0.25) is 0 Å². The van der Waals surface area contributed by atoms with E-state index in [0.717, 1.165) is 49.9 Å². The molecule has 0 atom stereocenters. The van der Waals surface area contributed by atoms with E-state index in [1.165, 1.54) is 15.3 Å². The topological polar surface area (TPSA) is 32.6 Å². The fraction of sp³-hybridized carbons (Fsp3) is 0.300. The van der Waals surface area contributed by atoms with Crippen LogP contribution in [-0.4, -0.2) is 41.2 Å². The highest BCUT2D eigenvalue weighted by molar-refractivity contribution is 7.80. The Labute approximate surface area is 163 Å². The first-order valence-electron chi connectivity index (χ1n) is 9.03. The highest BCUT2D eigenvalue weighted by Gasteiger charge is 2.22. The van der Waals surface area contributed by atoms with Crippen molar-refractivity contribution in [1.29, 1.82) is 0 Å². The second-order valence-electron chi connectivity index (χ2n) is 6.63. The zero-order valence-electron chi connectivity index (χ0n) is 14.6. The fourth-order valence-corrected chi connectivity index (χ4v) is 4.59. The van der Waals surface area contributed by atoms with Gasteiger partial charge in [0.05, 0.1) is 36.4 Å². The van der Waals surface area contributed by atoms with Gasteiger partial charge in [0.1, 0.15) is 11.6 Å². The molecule has 2 N–H and O–H groups in total. The third kappa shape index (κ3) is 4.20. The number of para-hydroxylation sites is 1. The zero-order chi connectivity index (χ0) is 17.8. The van der Waals surface area contributed by atoms with Gasteiger partial charge in [0.25, 0.3) is 0 Å². The molecule has 2 heterocycles. The number of fused-ring (bicyclic) bond motifs is 1. The molecule has 134 valence electrons. The first kappa shape index (κ1) is 17.4. The van der Waals surface area contributed by atoms with E-state index in [2.05, 4.69) is 58.7 Å². The smallest absolute Gasteiger partial charge is 0.169 e. The van der Waals surface area contributed by atoms with Crippen LogP contribution in [0.4, 0.5) is 0 Å². The largest absolute Gasteiger partial charge is 0.358 e. The maximum atomic E-state index is 5.58. The average Bonchev–Trinajstić information content (AvgIpc) is 3.10. The molecular weight excluding hydrogens is 360 g/mol. The van der Waals surface area contributed by atoms with E-state index in [4.69, 9.17) is 17.2 Å². The molecule has 3 aromatic rings. The molecule has 4 nitrogen and oxygen atoms in total. The fourth-order valence-electron chi connectivity index (χ4n) is 3.30. The quantitative estimate of drug-likeness (QED) is 0.676. The number of benzene rings is 2. The van der Waals surface area contributed by atoms with E-state index in [9.17, 15) is 0 Å². The maximum Gasteiger partial charge on any atom is 0.169 e. The number of quaternary nitrogens is 1. The second kappa shape index (κ2) is 8.12. The summed E-state index contributed by atoms with van der Waals surface area (Å²) in [6, 6.07) is 18.8. The van der Waals surface area contributed by atoms with Crippen LogP contribution in [0.1, 0.15) is 10.6 Å². The lowest BCUT2D eigenvalue weighted by atomic mass is 10.2. The average molecular weight is 384 g/mol. The van der Waals surface area contributed by atoms with Crippen molar-refractivity contribution in [3.63, 3.8) is 0 Å². The normalized spacial score (nSPS) is 15.3. The van der Waals surface area contributed by atoms with E-state index in [1.54, 1.807) is 4.90 Å². The molecular formula is C20H23N4S2+. The van der Waals surface area contributed by atoms with Crippen LogP contribution in [0.5, 0.6) is 0 Å². The highest BCUT2D eigenvalue weighted by Crippen LogP contribution is 2.20. The molecule has 0 radical (unpaired) electrons. The van der Waals surface area contributed by atoms with E-state index in [0.29, 0.717) is 0 Å². The van der Waals surface area contributed by atoms with Gasteiger partial charge in [0, 0.05) is 6.54 Å². The van der Waals surface area contributed by atoms with Crippen LogP contribution in [-0.2, 0) is 13.1 Å². The van der Waals surface area contributed by atoms with Crippen LogP contribution >= 0.6 is 23.6 Å². The van der Waals surface area contributed by atoms with Crippen molar-refractivity contribution in [3.05, 3.63) is 65.2 Å². The molecule has 0 aliphatic carbocycles. The summed E-state index contributed by atoms with van der Waals surface area (Å²) in [5, 5.41) is 5.49. The minimum atomic E-state index is 0.790. The predicted octanol–water partition coefficient (Wildman–Crippen LogP) is 2.07. The first-order chi connectivity index (χ1) is 12.8. The Morgan fingerprint density at radius 3 is 2.58 bits per heavy atom. The van der Waals surface area contributed by atoms with Crippen molar-refractivity contribution >= 4 is 38.9 Å². The molecule has 1 saturated heterocycles. The van der Waals surface area contributed by atoms with Gasteiger partial charge in [-0.1, -0.05) is 42.5 Å². The first-order valence-corrected chi connectivity index (χ1v) is 10.2. The number of aromatic nitrogens is 1. The zero-order valence-corrected chi connectivity index (χ0v) is 16.3. The van der Waals surface area contributed by atoms with Crippen LogP contribution in [0.15, 0.2) is 54.6 Å². The molecule has 1 aliphatic rings. The summed E-state index contributed by atoms with van der Waals surface area (Å²) < 4.78 is 1.28. The Bertz CT molecular complexity index is 837. The van der Waals surface area contributed by atoms with Crippen LogP contribution < -0.4 is 10.2 Å². The third-order valence-electron chi connectivity index (χ3n) is 4.78. The summed E-state index contributed by atoms with van der Waals surface area (Å²) in [4.78, 5) is 8.65. The van der Waals surface area contributed by atoms with Crippen LogP contribution in [0.3, 0.4) is 0 Å². The molecule has 0 unspecified atom stereocenters. The molecule has 4 rings (SSSR count). The molecule has 0 amide bonds. The molecule has 0 saturated carbocycles. The Morgan fingerprint density at radius 1 is 1.08 bits per heavy atom. The lowest BCUT2D eigenvalue weighted by Crippen LogP contribution is -3.13. The summed E-state index contributed by atoms with van der Waals surface area (Å²) in [7, 11) is 0. The Morgan fingerprint density at radius 2 is 1.81 bits per heavy atom. The lowest BCUT2D eigenvalue weighted by molar-refractivity contribution is -0.917. The van der Waals surface area contributed by atoms with Gasteiger partial charge in [-0.2, -0.15) is 0 Å². The van der Waals surface area contributed by atoms with Gasteiger partial charge in [-0.05, 0) is 29.9 Å². The van der Waals surface area contributed by atoms with Crippen molar-refractivity contribution in [1.82, 2.24) is 15.2 Å². The summed E-state index contributed by atoms with van der Waals surface area (Å²) in [5.74, 6) is 0. The van der Waals surface area contributed by atoms with Gasteiger partial charge >= 0.3 is 0 Å². The van der Waals surface area contributed by atoms with Crippen molar-refractivity contribution in [2.24, 2.45) is 0 Å². The van der Waals surface area contributed by atoms with E-state index in [1.807, 2.05) is 17.4 Å². The lowest BCUT2D eigenvalue weighted by Gasteiger charge is -2.33. The number of thiazole rings is 1. The van der Waals surface area contributed by atoms with Gasteiger partial charge in [0.15, 0.2) is 5.11 Å². The van der Waals surface area contributed by atoms with Crippen molar-refractivity contribution in [3.8, 4) is 0 Å². The minimum Gasteiger partial charge on any atom is -0.358 e. The molecule has 1 aliphatic heterocycles. The molecule has 0 spiro atoms. The molecule has 1 aromatic heterocycles. The second-order valence-corrected chi connectivity index (χ2v) is 8.14. The highest BCUT2D eigenvalue weighted by atomic mass is 32.1. The monoisotopic (exact) mass is 383 g/mol. The summed E-state index contributed by atoms with van der Waals surface area (Å²) in [5.41, 5.74) is 2.38. The predicted molar refractivity (Wildman–Crippen MR) is 111 cm³/mol. The molecule has 2 aromatic carbocycles. The molecule has 26 heavy (non-hydrogen) atoms. The number of rotatable bonds is 4. The van der Waals surface area contributed by atoms with Gasteiger partial charge in [-0.3, -0.25) is 0 Å². The van der Waals surface area contributed by atoms with Crippen LogP contribution in [0.25, 0.3) is 10.2 Å². The number of hydrogen-bond acceptors (Lipinski definition) is 3. The SMILES string of the molecule is S=C(NCc1ccccc1)N1CC[NH+](Cc2nc3ccccc3s2)CC1. The molecule has 6 heteroatoms. The number of piperazine rings is 1. The van der Waals surface area contributed by atoms with Crippen molar-refractivity contribution in [2.75, 3.05) is 26.2 Å². The van der Waals surface area contributed by atoms with E-state index >= 15 is 0 Å². The third-order valence-corrected chi connectivity index (χ3v) is 6.22.